The van der Waals surface area contributed by atoms with Gasteiger partial charge in [0.25, 0.3) is 12.3 Å². The Labute approximate surface area is 272 Å². The van der Waals surface area contributed by atoms with Crippen LogP contribution < -0.4 is 16.0 Å². The van der Waals surface area contributed by atoms with Crippen LogP contribution in [0.15, 0.2) is 24.4 Å². The first-order chi connectivity index (χ1) is 21.9. The summed E-state index contributed by atoms with van der Waals surface area (Å²) in [7, 11) is 0. The van der Waals surface area contributed by atoms with Crippen molar-refractivity contribution in [2.45, 2.75) is 116 Å². The standard InChI is InChI=1S/C33H44ClF4N5O3/c1-18(2)43-26(14-15-39-43)32(45)41-28(27(20-10-6-4-7-11-20)21-12-8-5-9-13-21)33(46)40-25-17-23(34)22(16-24(25)35)19(3)31(44)42-30(38)29(36)37/h14-21,27-30H,4-13H2,1-3H3,(H,40,46)(H,41,45)(H,42,44)/t19?,28-,30?/m0/s1. The highest BCUT2D eigenvalue weighted by Gasteiger charge is 2.42. The number of carbonyl (C=O) groups excluding carboxylic acids is 3. The first-order valence-electron chi connectivity index (χ1n) is 16.3. The van der Waals surface area contributed by atoms with Gasteiger partial charge in [-0.05, 0) is 62.3 Å². The maximum absolute atomic E-state index is 15.5. The summed E-state index contributed by atoms with van der Waals surface area (Å²) in [5.41, 5.74) is -0.0166. The monoisotopic (exact) mass is 669 g/mol. The molecular formula is C33H44ClF4N5O3. The molecule has 2 fully saturated rings. The van der Waals surface area contributed by atoms with Crippen LogP contribution in [0.2, 0.25) is 5.02 Å². The number of hydrogen-bond donors (Lipinski definition) is 3. The van der Waals surface area contributed by atoms with Crippen LogP contribution in [0.3, 0.4) is 0 Å². The summed E-state index contributed by atoms with van der Waals surface area (Å²) in [6.45, 7) is 5.07. The minimum absolute atomic E-state index is 0.0646. The molecule has 3 N–H and O–H groups in total. The van der Waals surface area contributed by atoms with Gasteiger partial charge in [0.2, 0.25) is 18.1 Å². The van der Waals surface area contributed by atoms with Crippen molar-refractivity contribution in [1.29, 1.82) is 0 Å². The summed E-state index contributed by atoms with van der Waals surface area (Å²) in [6, 6.07) is 2.58. The van der Waals surface area contributed by atoms with E-state index in [0.29, 0.717) is 5.69 Å². The summed E-state index contributed by atoms with van der Waals surface area (Å²) in [5, 5.41) is 11.4. The predicted octanol–water partition coefficient (Wildman–Crippen LogP) is 7.55. The number of nitrogens with one attached hydrogen (secondary N) is 3. The fourth-order valence-corrected chi connectivity index (χ4v) is 7.42. The molecule has 13 heteroatoms. The van der Waals surface area contributed by atoms with Gasteiger partial charge in [0.1, 0.15) is 17.6 Å². The lowest BCUT2D eigenvalue weighted by atomic mass is 9.66. The lowest BCUT2D eigenvalue weighted by molar-refractivity contribution is -0.126. The van der Waals surface area contributed by atoms with Gasteiger partial charge in [-0.2, -0.15) is 5.10 Å². The number of benzene rings is 1. The van der Waals surface area contributed by atoms with E-state index in [2.05, 4.69) is 15.7 Å². The Morgan fingerprint density at radius 3 is 2.02 bits per heavy atom. The molecule has 0 saturated heterocycles. The van der Waals surface area contributed by atoms with Crippen molar-refractivity contribution in [3.05, 3.63) is 46.5 Å². The van der Waals surface area contributed by atoms with Crippen molar-refractivity contribution in [3.8, 4) is 0 Å². The molecule has 0 spiro atoms. The van der Waals surface area contributed by atoms with Gasteiger partial charge in [-0.1, -0.05) is 75.8 Å². The molecule has 2 unspecified atom stereocenters. The summed E-state index contributed by atoms with van der Waals surface area (Å²) in [4.78, 5) is 40.3. The molecule has 2 aliphatic rings. The second-order valence-electron chi connectivity index (χ2n) is 12.9. The van der Waals surface area contributed by atoms with Crippen molar-refractivity contribution in [2.75, 3.05) is 5.32 Å². The van der Waals surface area contributed by atoms with Gasteiger partial charge in [-0.3, -0.25) is 19.1 Å². The number of carbonyl (C=O) groups is 3. The van der Waals surface area contributed by atoms with E-state index in [4.69, 9.17) is 11.6 Å². The second-order valence-corrected chi connectivity index (χ2v) is 13.3. The molecule has 0 aliphatic heterocycles. The minimum Gasteiger partial charge on any atom is -0.339 e. The van der Waals surface area contributed by atoms with Crippen molar-refractivity contribution in [1.82, 2.24) is 20.4 Å². The van der Waals surface area contributed by atoms with E-state index in [0.717, 1.165) is 76.3 Å². The molecule has 3 amide bonds. The van der Waals surface area contributed by atoms with E-state index in [9.17, 15) is 27.6 Å². The number of rotatable bonds is 12. The van der Waals surface area contributed by atoms with Gasteiger partial charge in [-0.25, -0.2) is 17.6 Å². The Morgan fingerprint density at radius 2 is 1.48 bits per heavy atom. The number of anilines is 1. The highest BCUT2D eigenvalue weighted by atomic mass is 35.5. The molecule has 1 aromatic heterocycles. The van der Waals surface area contributed by atoms with Gasteiger partial charge in [-0.15, -0.1) is 0 Å². The Balaban J connectivity index is 1.65. The second kappa shape index (κ2) is 16.1. The quantitative estimate of drug-likeness (QED) is 0.160. The Bertz CT molecular complexity index is 1340. The molecule has 2 saturated carbocycles. The SMILES string of the molecule is CC(C(=O)NC(F)C(F)F)c1cc(F)c(NC(=O)[C@@H](NC(=O)c2ccnn2C(C)C)C(C2CCCCC2)C2CCCCC2)cc1Cl. The Kier molecular flexibility index (Phi) is 12.5. The van der Waals surface area contributed by atoms with Crippen LogP contribution in [0.25, 0.3) is 0 Å². The van der Waals surface area contributed by atoms with E-state index in [1.54, 1.807) is 16.1 Å². The fourth-order valence-electron chi connectivity index (χ4n) is 7.09. The smallest absolute Gasteiger partial charge is 0.287 e. The normalized spacial score (nSPS) is 18.4. The number of alkyl halides is 3. The Hall–Kier alpha value is -3.15. The highest BCUT2D eigenvalue weighted by molar-refractivity contribution is 6.32. The highest BCUT2D eigenvalue weighted by Crippen LogP contribution is 2.42. The lowest BCUT2D eigenvalue weighted by Gasteiger charge is -2.42. The first kappa shape index (κ1) is 35.7. The molecule has 0 radical (unpaired) electrons. The molecule has 1 aromatic carbocycles. The summed E-state index contributed by atoms with van der Waals surface area (Å²) in [6.07, 6.45) is 5.34. The van der Waals surface area contributed by atoms with Crippen LogP contribution >= 0.6 is 11.6 Å². The van der Waals surface area contributed by atoms with Crippen LogP contribution in [-0.4, -0.2) is 46.3 Å². The third-order valence-electron chi connectivity index (χ3n) is 9.44. The third-order valence-corrected chi connectivity index (χ3v) is 9.77. The average molecular weight is 670 g/mol. The fraction of sp³-hybridized carbons (Fsp3) is 0.636. The van der Waals surface area contributed by atoms with Gasteiger partial charge in [0, 0.05) is 17.3 Å². The number of aromatic nitrogens is 2. The maximum Gasteiger partial charge on any atom is 0.287 e. The predicted molar refractivity (Wildman–Crippen MR) is 168 cm³/mol. The molecule has 8 nitrogen and oxygen atoms in total. The van der Waals surface area contributed by atoms with Gasteiger partial charge < -0.3 is 16.0 Å². The van der Waals surface area contributed by atoms with Crippen molar-refractivity contribution in [3.63, 3.8) is 0 Å². The number of amides is 3. The molecule has 4 rings (SSSR count). The summed E-state index contributed by atoms with van der Waals surface area (Å²) < 4.78 is 55.7. The molecule has 2 aliphatic carbocycles. The van der Waals surface area contributed by atoms with E-state index in [1.807, 2.05) is 13.8 Å². The molecule has 46 heavy (non-hydrogen) atoms. The zero-order chi connectivity index (χ0) is 33.5. The zero-order valence-corrected chi connectivity index (χ0v) is 27.3. The van der Waals surface area contributed by atoms with Crippen LogP contribution in [0.4, 0.5) is 23.2 Å². The van der Waals surface area contributed by atoms with E-state index in [1.165, 1.54) is 13.1 Å². The molecule has 0 bridgehead atoms. The van der Waals surface area contributed by atoms with E-state index >= 15 is 4.39 Å². The zero-order valence-electron chi connectivity index (χ0n) is 26.5. The molecule has 3 atom stereocenters. The van der Waals surface area contributed by atoms with Gasteiger partial charge in [0.15, 0.2) is 0 Å². The topological polar surface area (TPSA) is 105 Å². The van der Waals surface area contributed by atoms with Gasteiger partial charge >= 0.3 is 0 Å². The molecule has 2 aromatic rings. The third kappa shape index (κ3) is 8.60. The molecule has 254 valence electrons. The first-order valence-corrected chi connectivity index (χ1v) is 16.6. The Morgan fingerprint density at radius 1 is 0.891 bits per heavy atom. The van der Waals surface area contributed by atoms with E-state index < -0.39 is 48.2 Å². The van der Waals surface area contributed by atoms with E-state index in [-0.39, 0.29) is 40.1 Å². The van der Waals surface area contributed by atoms with Crippen molar-refractivity contribution in [2.24, 2.45) is 17.8 Å². The van der Waals surface area contributed by atoms with Crippen LogP contribution in [0.1, 0.15) is 113 Å². The molecule has 1 heterocycles. The van der Waals surface area contributed by atoms with Crippen LogP contribution in [0.5, 0.6) is 0 Å². The van der Waals surface area contributed by atoms with Crippen molar-refractivity contribution < 1.29 is 31.9 Å². The summed E-state index contributed by atoms with van der Waals surface area (Å²) in [5.74, 6) is -4.10. The minimum atomic E-state index is -3.42. The molecular weight excluding hydrogens is 626 g/mol. The van der Waals surface area contributed by atoms with Gasteiger partial charge in [0.05, 0.1) is 11.6 Å². The summed E-state index contributed by atoms with van der Waals surface area (Å²) >= 11 is 6.39. The van der Waals surface area contributed by atoms with Crippen LogP contribution in [0, 0.1) is 23.6 Å². The number of nitrogens with zero attached hydrogens (tertiary/aromatic N) is 2. The van der Waals surface area contributed by atoms with Crippen LogP contribution in [-0.2, 0) is 9.59 Å². The largest absolute Gasteiger partial charge is 0.339 e. The number of halogens is 5. The average Bonchev–Trinajstić information content (AvgIpc) is 3.54. The van der Waals surface area contributed by atoms with Crippen molar-refractivity contribution >= 4 is 35.0 Å². The number of hydrogen-bond acceptors (Lipinski definition) is 4. The maximum atomic E-state index is 15.5. The lowest BCUT2D eigenvalue weighted by Crippen LogP contribution is -2.53.